The van der Waals surface area contributed by atoms with E-state index >= 15 is 0 Å². The van der Waals surface area contributed by atoms with Gasteiger partial charge in [0.25, 0.3) is 0 Å². The van der Waals surface area contributed by atoms with Crippen LogP contribution in [-0.2, 0) is 9.53 Å². The fourth-order valence-corrected chi connectivity index (χ4v) is 5.09. The summed E-state index contributed by atoms with van der Waals surface area (Å²) >= 11 is 6.07. The number of ether oxygens (including phenoxy) is 2. The van der Waals surface area contributed by atoms with Crippen molar-refractivity contribution in [2.75, 3.05) is 33.4 Å². The van der Waals surface area contributed by atoms with E-state index in [1.165, 1.54) is 31.4 Å². The van der Waals surface area contributed by atoms with Gasteiger partial charge in [0.1, 0.15) is 17.7 Å². The van der Waals surface area contributed by atoms with Gasteiger partial charge in [0, 0.05) is 20.2 Å². The highest BCUT2D eigenvalue weighted by molar-refractivity contribution is 6.32. The highest BCUT2D eigenvalue weighted by Gasteiger charge is 2.31. The number of primary amides is 1. The van der Waals surface area contributed by atoms with E-state index in [1.54, 1.807) is 13.2 Å². The first-order valence-corrected chi connectivity index (χ1v) is 11.5. The lowest BCUT2D eigenvalue weighted by molar-refractivity contribution is -0.126. The zero-order valence-corrected chi connectivity index (χ0v) is 18.6. The highest BCUT2D eigenvalue weighted by Crippen LogP contribution is 2.35. The van der Waals surface area contributed by atoms with E-state index in [1.807, 2.05) is 0 Å². The minimum Gasteiger partial charge on any atom is -0.489 e. The Labute approximate surface area is 184 Å². The lowest BCUT2D eigenvalue weighted by Gasteiger charge is -2.35. The molecule has 1 heterocycles. The zero-order valence-electron chi connectivity index (χ0n) is 17.8. The molecule has 1 unspecified atom stereocenters. The molecule has 5 nitrogen and oxygen atoms in total. The summed E-state index contributed by atoms with van der Waals surface area (Å²) in [5.74, 6) is 0.933. The average Bonchev–Trinajstić information content (AvgIpc) is 2.74. The van der Waals surface area contributed by atoms with E-state index in [9.17, 15) is 9.18 Å². The molecule has 2 N–H and O–H groups in total. The second-order valence-electron chi connectivity index (χ2n) is 8.77. The highest BCUT2D eigenvalue weighted by atomic mass is 35.5. The summed E-state index contributed by atoms with van der Waals surface area (Å²) in [5.41, 5.74) is 5.56. The number of likely N-dealkylation sites (tertiary alicyclic amines) is 1. The molecule has 7 heteroatoms. The number of carbonyl (C=O) groups excluding carboxylic acids is 1. The molecular formula is C23H34ClFN2O3. The topological polar surface area (TPSA) is 64.8 Å². The molecule has 0 bridgehead atoms. The van der Waals surface area contributed by atoms with Gasteiger partial charge in [0.15, 0.2) is 0 Å². The van der Waals surface area contributed by atoms with Crippen LogP contribution < -0.4 is 10.5 Å². The van der Waals surface area contributed by atoms with Crippen molar-refractivity contribution in [3.05, 3.63) is 29.0 Å². The maximum absolute atomic E-state index is 13.2. The Morgan fingerprint density at radius 3 is 2.53 bits per heavy atom. The number of benzene rings is 1. The van der Waals surface area contributed by atoms with E-state index in [-0.39, 0.29) is 23.7 Å². The normalized spacial score (nSPS) is 24.5. The van der Waals surface area contributed by atoms with E-state index in [0.717, 1.165) is 51.2 Å². The summed E-state index contributed by atoms with van der Waals surface area (Å²) in [6.45, 7) is 3.56. The standard InChI is InChI=1S/C23H34ClFN2O3/c1-29-15-20(23(26)28)17-4-2-16(3-5-17)8-11-27-12-9-19(10-13-27)30-22-7-6-18(25)14-21(22)24/h6-7,14,16-17,19-20H,2-5,8-13,15H2,1H3,(H2,26,28). The van der Waals surface area contributed by atoms with Gasteiger partial charge in [0.2, 0.25) is 5.91 Å². The fourth-order valence-electron chi connectivity index (χ4n) is 4.88. The Kier molecular flexibility index (Phi) is 8.78. The Morgan fingerprint density at radius 2 is 1.93 bits per heavy atom. The SMILES string of the molecule is COCC(C(N)=O)C1CCC(CCN2CCC(Oc3ccc(F)cc3Cl)CC2)CC1. The summed E-state index contributed by atoms with van der Waals surface area (Å²) in [6, 6.07) is 4.28. The summed E-state index contributed by atoms with van der Waals surface area (Å²) in [7, 11) is 1.63. The van der Waals surface area contributed by atoms with Crippen LogP contribution in [-0.4, -0.2) is 50.3 Å². The number of methoxy groups -OCH3 is 1. The lowest BCUT2D eigenvalue weighted by Crippen LogP contribution is -2.39. The molecule has 1 saturated carbocycles. The fraction of sp³-hybridized carbons (Fsp3) is 0.696. The van der Waals surface area contributed by atoms with Crippen LogP contribution in [0.15, 0.2) is 18.2 Å². The molecule has 1 amide bonds. The van der Waals surface area contributed by atoms with Gasteiger partial charge in [-0.1, -0.05) is 24.4 Å². The molecular weight excluding hydrogens is 407 g/mol. The molecule has 1 aliphatic heterocycles. The second-order valence-corrected chi connectivity index (χ2v) is 9.17. The largest absolute Gasteiger partial charge is 0.489 e. The molecule has 0 spiro atoms. The summed E-state index contributed by atoms with van der Waals surface area (Å²) in [6.07, 6.45) is 7.71. The Balaban J connectivity index is 1.35. The summed E-state index contributed by atoms with van der Waals surface area (Å²) in [4.78, 5) is 14.2. The molecule has 168 valence electrons. The number of nitrogens with zero attached hydrogens (tertiary/aromatic N) is 1. The summed E-state index contributed by atoms with van der Waals surface area (Å²) in [5, 5.41) is 0.331. The van der Waals surface area contributed by atoms with Crippen molar-refractivity contribution in [2.45, 2.75) is 51.0 Å². The number of amides is 1. The van der Waals surface area contributed by atoms with Gasteiger partial charge in [-0.25, -0.2) is 4.39 Å². The maximum Gasteiger partial charge on any atom is 0.223 e. The first kappa shape index (κ1) is 23.3. The third-order valence-electron chi connectivity index (χ3n) is 6.75. The van der Waals surface area contributed by atoms with Crippen LogP contribution in [0.3, 0.4) is 0 Å². The van der Waals surface area contributed by atoms with Gasteiger partial charge in [-0.15, -0.1) is 0 Å². The van der Waals surface area contributed by atoms with Crippen molar-refractivity contribution in [3.8, 4) is 5.75 Å². The molecule has 2 aliphatic rings. The molecule has 3 rings (SSSR count). The molecule has 0 aromatic heterocycles. The van der Waals surface area contributed by atoms with Gasteiger partial charge in [-0.2, -0.15) is 0 Å². The number of nitrogens with two attached hydrogens (primary N) is 1. The number of hydrogen-bond acceptors (Lipinski definition) is 4. The van der Waals surface area contributed by atoms with Crippen LogP contribution in [0.4, 0.5) is 4.39 Å². The number of rotatable bonds is 9. The number of hydrogen-bond donors (Lipinski definition) is 1. The number of piperidine rings is 1. The predicted molar refractivity (Wildman–Crippen MR) is 116 cm³/mol. The van der Waals surface area contributed by atoms with E-state index < -0.39 is 0 Å². The van der Waals surface area contributed by atoms with E-state index in [2.05, 4.69) is 4.90 Å². The van der Waals surface area contributed by atoms with E-state index in [4.69, 9.17) is 26.8 Å². The second kappa shape index (κ2) is 11.3. The van der Waals surface area contributed by atoms with Crippen molar-refractivity contribution >= 4 is 17.5 Å². The molecule has 1 saturated heterocycles. The Bertz CT molecular complexity index is 689. The summed E-state index contributed by atoms with van der Waals surface area (Å²) < 4.78 is 24.3. The van der Waals surface area contributed by atoms with Crippen molar-refractivity contribution in [1.29, 1.82) is 0 Å². The van der Waals surface area contributed by atoms with Gasteiger partial charge in [-0.05, 0) is 68.7 Å². The van der Waals surface area contributed by atoms with Crippen LogP contribution in [0.2, 0.25) is 5.02 Å². The van der Waals surface area contributed by atoms with Crippen LogP contribution in [0.1, 0.15) is 44.9 Å². The number of halogens is 2. The number of carbonyl (C=O) groups is 1. The first-order chi connectivity index (χ1) is 14.5. The zero-order chi connectivity index (χ0) is 21.5. The quantitative estimate of drug-likeness (QED) is 0.622. The van der Waals surface area contributed by atoms with Gasteiger partial charge < -0.3 is 20.1 Å². The van der Waals surface area contributed by atoms with Gasteiger partial charge in [-0.3, -0.25) is 4.79 Å². The molecule has 1 aromatic carbocycles. The van der Waals surface area contributed by atoms with E-state index in [0.29, 0.717) is 23.3 Å². The minimum absolute atomic E-state index is 0.131. The Morgan fingerprint density at radius 1 is 1.23 bits per heavy atom. The predicted octanol–water partition coefficient (Wildman–Crippen LogP) is 4.27. The van der Waals surface area contributed by atoms with Crippen molar-refractivity contribution in [3.63, 3.8) is 0 Å². The smallest absolute Gasteiger partial charge is 0.223 e. The van der Waals surface area contributed by atoms with Crippen LogP contribution in [0.5, 0.6) is 5.75 Å². The average molecular weight is 441 g/mol. The molecule has 1 atom stereocenters. The maximum atomic E-state index is 13.2. The van der Waals surface area contributed by atoms with Gasteiger partial charge >= 0.3 is 0 Å². The van der Waals surface area contributed by atoms with Crippen molar-refractivity contribution < 1.29 is 18.7 Å². The van der Waals surface area contributed by atoms with Crippen LogP contribution in [0, 0.1) is 23.6 Å². The van der Waals surface area contributed by atoms with Crippen molar-refractivity contribution in [2.24, 2.45) is 23.5 Å². The van der Waals surface area contributed by atoms with Gasteiger partial charge in [0.05, 0.1) is 17.5 Å². The lowest BCUT2D eigenvalue weighted by atomic mass is 9.75. The minimum atomic E-state index is -0.347. The van der Waals surface area contributed by atoms with Crippen LogP contribution in [0.25, 0.3) is 0 Å². The molecule has 0 radical (unpaired) electrons. The third-order valence-corrected chi connectivity index (χ3v) is 7.04. The Hall–Kier alpha value is -1.37. The molecule has 2 fully saturated rings. The third kappa shape index (κ3) is 6.56. The molecule has 1 aliphatic carbocycles. The first-order valence-electron chi connectivity index (χ1n) is 11.1. The monoisotopic (exact) mass is 440 g/mol. The molecule has 30 heavy (non-hydrogen) atoms. The van der Waals surface area contributed by atoms with Crippen molar-refractivity contribution in [1.82, 2.24) is 4.90 Å². The molecule has 1 aromatic rings. The van der Waals surface area contributed by atoms with Crippen LogP contribution >= 0.6 is 11.6 Å².